The van der Waals surface area contributed by atoms with Crippen molar-refractivity contribution in [2.24, 2.45) is 0 Å². The summed E-state index contributed by atoms with van der Waals surface area (Å²) in [5.74, 6) is 0.837. The second-order valence-electron chi connectivity index (χ2n) is 6.28. The second kappa shape index (κ2) is 7.99. The molecule has 3 heterocycles. The zero-order valence-corrected chi connectivity index (χ0v) is 17.3. The Labute approximate surface area is 174 Å². The lowest BCUT2D eigenvalue weighted by molar-refractivity contribution is -0.116. The van der Waals surface area contributed by atoms with E-state index in [0.29, 0.717) is 33.2 Å². The van der Waals surface area contributed by atoms with Crippen molar-refractivity contribution in [1.29, 1.82) is 0 Å². The molecule has 30 heavy (non-hydrogen) atoms. The van der Waals surface area contributed by atoms with Crippen LogP contribution in [0.5, 0.6) is 17.2 Å². The molecule has 0 bridgehead atoms. The number of hydrogen-bond acceptors (Lipinski definition) is 8. The molecule has 0 unspecified atom stereocenters. The first kappa shape index (κ1) is 19.6. The van der Waals surface area contributed by atoms with Crippen molar-refractivity contribution in [1.82, 2.24) is 14.5 Å². The number of anilines is 1. The minimum atomic E-state index is -0.397. The topological polar surface area (TPSA) is 105 Å². The maximum Gasteiger partial charge on any atom is 0.271 e. The molecule has 10 heteroatoms. The van der Waals surface area contributed by atoms with E-state index in [1.165, 1.54) is 43.6 Å². The Morgan fingerprint density at radius 2 is 1.87 bits per heavy atom. The number of amides is 1. The Bertz CT molecular complexity index is 1290. The van der Waals surface area contributed by atoms with Crippen LogP contribution in [-0.4, -0.2) is 41.8 Å². The van der Waals surface area contributed by atoms with E-state index >= 15 is 0 Å². The quantitative estimate of drug-likeness (QED) is 0.505. The maximum absolute atomic E-state index is 12.8. The molecule has 0 aliphatic carbocycles. The number of nitrogens with one attached hydrogen (secondary N) is 1. The number of thiophene rings is 1. The first-order valence-corrected chi connectivity index (χ1v) is 9.70. The van der Waals surface area contributed by atoms with Gasteiger partial charge < -0.3 is 19.5 Å². The lowest BCUT2D eigenvalue weighted by atomic mass is 10.2. The standard InChI is InChI=1S/C20H18N4O5S/c1-27-13-7-11(8-14(28-2)17(13)29-3)23-15(25)9-24-10-22-16-12-5-4-6-21-19(12)30-18(16)20(24)26/h4-8,10H,9H2,1-3H3,(H,23,25). The monoisotopic (exact) mass is 426 g/mol. The number of methoxy groups -OCH3 is 3. The summed E-state index contributed by atoms with van der Waals surface area (Å²) in [5.41, 5.74) is 0.750. The third kappa shape index (κ3) is 3.41. The third-order valence-corrected chi connectivity index (χ3v) is 5.57. The van der Waals surface area contributed by atoms with Gasteiger partial charge in [0.25, 0.3) is 5.56 Å². The molecule has 0 aliphatic heterocycles. The van der Waals surface area contributed by atoms with Crippen molar-refractivity contribution >= 4 is 43.4 Å². The molecule has 0 aliphatic rings. The van der Waals surface area contributed by atoms with Gasteiger partial charge in [-0.05, 0) is 12.1 Å². The van der Waals surface area contributed by atoms with Crippen LogP contribution in [-0.2, 0) is 11.3 Å². The van der Waals surface area contributed by atoms with Crippen LogP contribution in [0, 0.1) is 0 Å². The number of ether oxygens (including phenoxy) is 3. The number of rotatable bonds is 6. The third-order valence-electron chi connectivity index (χ3n) is 4.48. The van der Waals surface area contributed by atoms with Crippen molar-refractivity contribution in [3.05, 3.63) is 47.1 Å². The molecule has 3 aromatic heterocycles. The van der Waals surface area contributed by atoms with Gasteiger partial charge in [-0.15, -0.1) is 11.3 Å². The Hall–Kier alpha value is -3.66. The molecule has 0 spiro atoms. The zero-order valence-electron chi connectivity index (χ0n) is 16.5. The first-order chi connectivity index (χ1) is 14.5. The molecular formula is C20H18N4O5S. The van der Waals surface area contributed by atoms with E-state index in [2.05, 4.69) is 15.3 Å². The minimum Gasteiger partial charge on any atom is -0.493 e. The van der Waals surface area contributed by atoms with Crippen molar-refractivity contribution in [2.45, 2.75) is 6.54 Å². The Morgan fingerprint density at radius 3 is 2.53 bits per heavy atom. The van der Waals surface area contributed by atoms with Crippen molar-refractivity contribution in [3.8, 4) is 17.2 Å². The van der Waals surface area contributed by atoms with E-state index < -0.39 is 5.91 Å². The Balaban J connectivity index is 1.61. The smallest absolute Gasteiger partial charge is 0.271 e. The van der Waals surface area contributed by atoms with Crippen molar-refractivity contribution in [2.75, 3.05) is 26.6 Å². The van der Waals surface area contributed by atoms with E-state index in [1.807, 2.05) is 6.07 Å². The summed E-state index contributed by atoms with van der Waals surface area (Å²) in [5, 5.41) is 3.56. The van der Waals surface area contributed by atoms with Crippen LogP contribution in [0.15, 0.2) is 41.6 Å². The molecule has 4 aromatic rings. The van der Waals surface area contributed by atoms with Crippen LogP contribution >= 0.6 is 11.3 Å². The van der Waals surface area contributed by atoms with E-state index in [0.717, 1.165) is 10.2 Å². The van der Waals surface area contributed by atoms with Gasteiger partial charge in [0.1, 0.15) is 16.1 Å². The average Bonchev–Trinajstić information content (AvgIpc) is 3.14. The fourth-order valence-electron chi connectivity index (χ4n) is 3.12. The minimum absolute atomic E-state index is 0.194. The van der Waals surface area contributed by atoms with Gasteiger partial charge in [0, 0.05) is 29.4 Å². The number of hydrogen-bond donors (Lipinski definition) is 1. The van der Waals surface area contributed by atoms with Gasteiger partial charge in [-0.2, -0.15) is 0 Å². The molecule has 1 aromatic carbocycles. The highest BCUT2D eigenvalue weighted by molar-refractivity contribution is 7.25. The molecule has 0 fully saturated rings. The Morgan fingerprint density at radius 1 is 1.13 bits per heavy atom. The van der Waals surface area contributed by atoms with Crippen LogP contribution in [0.2, 0.25) is 0 Å². The molecule has 0 atom stereocenters. The van der Waals surface area contributed by atoms with Crippen LogP contribution in [0.4, 0.5) is 5.69 Å². The summed E-state index contributed by atoms with van der Waals surface area (Å²) >= 11 is 1.26. The highest BCUT2D eigenvalue weighted by atomic mass is 32.1. The predicted octanol–water partition coefficient (Wildman–Crippen LogP) is 2.67. The Kier molecular flexibility index (Phi) is 5.23. The largest absolute Gasteiger partial charge is 0.493 e. The van der Waals surface area contributed by atoms with Crippen LogP contribution in [0.25, 0.3) is 20.4 Å². The number of aromatic nitrogens is 3. The number of nitrogens with zero attached hydrogens (tertiary/aromatic N) is 3. The molecule has 0 radical (unpaired) electrons. The lowest BCUT2D eigenvalue weighted by Gasteiger charge is -2.14. The normalized spacial score (nSPS) is 10.9. The summed E-state index contributed by atoms with van der Waals surface area (Å²) < 4.78 is 17.6. The molecule has 1 amide bonds. The van der Waals surface area contributed by atoms with Gasteiger partial charge in [-0.25, -0.2) is 9.97 Å². The molecule has 1 N–H and O–H groups in total. The van der Waals surface area contributed by atoms with E-state index in [-0.39, 0.29) is 12.1 Å². The average molecular weight is 426 g/mol. The lowest BCUT2D eigenvalue weighted by Crippen LogP contribution is -2.27. The first-order valence-electron chi connectivity index (χ1n) is 8.88. The van der Waals surface area contributed by atoms with Crippen molar-refractivity contribution < 1.29 is 19.0 Å². The highest BCUT2D eigenvalue weighted by Gasteiger charge is 2.16. The number of carbonyl (C=O) groups is 1. The molecule has 154 valence electrons. The highest BCUT2D eigenvalue weighted by Crippen LogP contribution is 2.39. The molecule has 0 saturated heterocycles. The van der Waals surface area contributed by atoms with Gasteiger partial charge in [0.15, 0.2) is 11.5 Å². The van der Waals surface area contributed by atoms with Gasteiger partial charge in [-0.1, -0.05) is 0 Å². The zero-order chi connectivity index (χ0) is 21.3. The number of pyridine rings is 1. The SMILES string of the molecule is COc1cc(NC(=O)Cn2cnc3c(sc4ncccc43)c2=O)cc(OC)c1OC. The fraction of sp³-hybridized carbons (Fsp3) is 0.200. The number of fused-ring (bicyclic) bond motifs is 3. The fourth-order valence-corrected chi connectivity index (χ4v) is 4.17. The van der Waals surface area contributed by atoms with Gasteiger partial charge >= 0.3 is 0 Å². The van der Waals surface area contributed by atoms with Crippen LogP contribution in [0.1, 0.15) is 0 Å². The van der Waals surface area contributed by atoms with E-state index in [9.17, 15) is 9.59 Å². The summed E-state index contributed by atoms with van der Waals surface area (Å²) in [6.45, 7) is -0.194. The molecule has 4 rings (SSSR count). The number of carbonyl (C=O) groups excluding carboxylic acids is 1. The summed E-state index contributed by atoms with van der Waals surface area (Å²) in [4.78, 5) is 34.8. The van der Waals surface area contributed by atoms with E-state index in [1.54, 1.807) is 24.4 Å². The molecule has 9 nitrogen and oxygen atoms in total. The second-order valence-corrected chi connectivity index (χ2v) is 7.27. The maximum atomic E-state index is 12.8. The number of benzene rings is 1. The van der Waals surface area contributed by atoms with Gasteiger partial charge in [-0.3, -0.25) is 14.2 Å². The molecular weight excluding hydrogens is 408 g/mol. The summed E-state index contributed by atoms with van der Waals surface area (Å²) in [6.07, 6.45) is 3.04. The summed E-state index contributed by atoms with van der Waals surface area (Å²) in [7, 11) is 4.48. The summed E-state index contributed by atoms with van der Waals surface area (Å²) in [6, 6.07) is 6.89. The van der Waals surface area contributed by atoms with Gasteiger partial charge in [0.2, 0.25) is 11.7 Å². The van der Waals surface area contributed by atoms with Crippen LogP contribution in [0.3, 0.4) is 0 Å². The van der Waals surface area contributed by atoms with E-state index in [4.69, 9.17) is 14.2 Å². The predicted molar refractivity (Wildman–Crippen MR) is 114 cm³/mol. The van der Waals surface area contributed by atoms with Crippen LogP contribution < -0.4 is 25.1 Å². The van der Waals surface area contributed by atoms with Gasteiger partial charge in [0.05, 0.1) is 33.2 Å². The molecule has 0 saturated carbocycles. The van der Waals surface area contributed by atoms with Crippen molar-refractivity contribution in [3.63, 3.8) is 0 Å².